The van der Waals surface area contributed by atoms with Crippen LogP contribution in [0.3, 0.4) is 0 Å². The Morgan fingerprint density at radius 1 is 1.14 bits per heavy atom. The first-order valence-corrected chi connectivity index (χ1v) is 12.8. The summed E-state index contributed by atoms with van der Waals surface area (Å²) < 4.78 is 37.3. The number of non-ortho nitro benzene ring substituents is 1. The number of hydrogen-bond acceptors (Lipinski definition) is 8. The number of halogens is 2. The van der Waals surface area contributed by atoms with Crippen LogP contribution in [0.1, 0.15) is 22.8 Å². The van der Waals surface area contributed by atoms with Gasteiger partial charge in [-0.3, -0.25) is 14.9 Å². The molecular formula is C22H17Br2N3O7S. The molecule has 0 aliphatic heterocycles. The van der Waals surface area contributed by atoms with Gasteiger partial charge in [0.25, 0.3) is 11.6 Å². The highest BCUT2D eigenvalue weighted by Gasteiger charge is 2.23. The highest BCUT2D eigenvalue weighted by molar-refractivity contribution is 9.10. The van der Waals surface area contributed by atoms with Crippen LogP contribution in [0.25, 0.3) is 0 Å². The molecule has 0 aromatic heterocycles. The van der Waals surface area contributed by atoms with Crippen molar-refractivity contribution in [1.82, 2.24) is 5.43 Å². The van der Waals surface area contributed by atoms with Crippen LogP contribution in [-0.4, -0.2) is 32.1 Å². The van der Waals surface area contributed by atoms with E-state index in [1.807, 2.05) is 0 Å². The number of hydrazone groups is 1. The maximum atomic E-state index is 12.7. The Balaban J connectivity index is 1.82. The van der Waals surface area contributed by atoms with E-state index >= 15 is 0 Å². The average molecular weight is 627 g/mol. The Kier molecular flexibility index (Phi) is 8.59. The van der Waals surface area contributed by atoms with Crippen LogP contribution >= 0.6 is 31.9 Å². The molecule has 3 aromatic carbocycles. The molecule has 3 rings (SSSR count). The molecule has 0 aliphatic rings. The lowest BCUT2D eigenvalue weighted by Crippen LogP contribution is -2.17. The van der Waals surface area contributed by atoms with Crippen LogP contribution in [-0.2, 0) is 10.1 Å². The Morgan fingerprint density at radius 2 is 1.86 bits per heavy atom. The maximum absolute atomic E-state index is 12.7. The smallest absolute Gasteiger partial charge is 0.339 e. The average Bonchev–Trinajstić information content (AvgIpc) is 2.81. The van der Waals surface area contributed by atoms with Crippen molar-refractivity contribution in [2.75, 3.05) is 6.61 Å². The second-order valence-electron chi connectivity index (χ2n) is 6.76. The molecule has 0 fully saturated rings. The molecule has 182 valence electrons. The molecule has 13 heteroatoms. The molecular weight excluding hydrogens is 610 g/mol. The predicted octanol–water partition coefficient (Wildman–Crippen LogP) is 5.05. The van der Waals surface area contributed by atoms with E-state index in [4.69, 9.17) is 8.92 Å². The van der Waals surface area contributed by atoms with E-state index in [1.54, 1.807) is 31.2 Å². The number of carbonyl (C=O) groups excluding carboxylic acids is 1. The third kappa shape index (κ3) is 6.87. The molecule has 0 unspecified atom stereocenters. The van der Waals surface area contributed by atoms with Crippen LogP contribution in [0.4, 0.5) is 5.69 Å². The fourth-order valence-electron chi connectivity index (χ4n) is 2.76. The summed E-state index contributed by atoms with van der Waals surface area (Å²) in [6, 6.07) is 14.1. The summed E-state index contributed by atoms with van der Waals surface area (Å²) in [4.78, 5) is 22.1. The quantitative estimate of drug-likeness (QED) is 0.152. The summed E-state index contributed by atoms with van der Waals surface area (Å²) in [6.45, 7) is 1.92. The number of amides is 1. The van der Waals surface area contributed by atoms with Gasteiger partial charge in [0.1, 0.15) is 4.90 Å². The highest BCUT2D eigenvalue weighted by Crippen LogP contribution is 2.38. The van der Waals surface area contributed by atoms with Crippen LogP contribution in [0.15, 0.2) is 79.6 Å². The lowest BCUT2D eigenvalue weighted by Gasteiger charge is -2.14. The van der Waals surface area contributed by atoms with Crippen molar-refractivity contribution >= 4 is 59.8 Å². The number of rotatable bonds is 9. The number of nitro benzene ring substituents is 1. The number of nitrogens with zero attached hydrogens (tertiary/aromatic N) is 2. The van der Waals surface area contributed by atoms with Gasteiger partial charge in [0.05, 0.1) is 22.2 Å². The number of ether oxygens (including phenoxy) is 1. The first kappa shape index (κ1) is 26.3. The first-order valence-electron chi connectivity index (χ1n) is 9.85. The van der Waals surface area contributed by atoms with Crippen LogP contribution < -0.4 is 14.3 Å². The third-order valence-electron chi connectivity index (χ3n) is 4.33. The van der Waals surface area contributed by atoms with E-state index < -0.39 is 20.9 Å². The standard InChI is InChI=1S/C22H17Br2N3O7S/c1-2-33-20-11-14(13-25-26-22(28)15-4-3-5-16(23)12-15)10-19(24)21(20)34-35(31,32)18-8-6-17(7-9-18)27(29)30/h3-13H,2H2,1H3,(H,26,28). The van der Waals surface area contributed by atoms with Gasteiger partial charge in [0, 0.05) is 22.2 Å². The van der Waals surface area contributed by atoms with E-state index in [0.717, 1.165) is 28.7 Å². The first-order chi connectivity index (χ1) is 16.6. The summed E-state index contributed by atoms with van der Waals surface area (Å²) in [5.74, 6) is -0.423. The highest BCUT2D eigenvalue weighted by atomic mass is 79.9. The minimum Gasteiger partial charge on any atom is -0.490 e. The van der Waals surface area contributed by atoms with Crippen LogP contribution in [0.5, 0.6) is 11.5 Å². The molecule has 0 saturated heterocycles. The number of nitro groups is 1. The molecule has 0 heterocycles. The van der Waals surface area contributed by atoms with Gasteiger partial charge in [-0.05, 0) is 70.9 Å². The summed E-state index contributed by atoms with van der Waals surface area (Å²) >= 11 is 6.57. The predicted molar refractivity (Wildman–Crippen MR) is 135 cm³/mol. The summed E-state index contributed by atoms with van der Waals surface area (Å²) in [5.41, 5.74) is 3.05. The molecule has 0 aliphatic carbocycles. The molecule has 0 bridgehead atoms. The van der Waals surface area contributed by atoms with Crippen molar-refractivity contribution < 1.29 is 27.1 Å². The zero-order valence-corrected chi connectivity index (χ0v) is 22.0. The van der Waals surface area contributed by atoms with Crippen LogP contribution in [0.2, 0.25) is 0 Å². The molecule has 10 nitrogen and oxygen atoms in total. The maximum Gasteiger partial charge on any atom is 0.339 e. The number of benzene rings is 3. The molecule has 0 spiro atoms. The van der Waals surface area contributed by atoms with Gasteiger partial charge in [0.2, 0.25) is 0 Å². The molecule has 3 aromatic rings. The van der Waals surface area contributed by atoms with Gasteiger partial charge in [-0.1, -0.05) is 22.0 Å². The lowest BCUT2D eigenvalue weighted by molar-refractivity contribution is -0.384. The fraction of sp³-hybridized carbons (Fsp3) is 0.0909. The van der Waals surface area contributed by atoms with Crippen molar-refractivity contribution in [3.8, 4) is 11.5 Å². The van der Waals surface area contributed by atoms with Crippen LogP contribution in [0, 0.1) is 10.1 Å². The fourth-order valence-corrected chi connectivity index (χ4v) is 4.76. The number of carbonyl (C=O) groups is 1. The minimum atomic E-state index is -4.32. The summed E-state index contributed by atoms with van der Waals surface area (Å²) in [5, 5.41) is 14.7. The lowest BCUT2D eigenvalue weighted by atomic mass is 10.2. The van der Waals surface area contributed by atoms with Gasteiger partial charge in [-0.2, -0.15) is 13.5 Å². The van der Waals surface area contributed by atoms with Crippen molar-refractivity contribution in [3.63, 3.8) is 0 Å². The summed E-state index contributed by atoms with van der Waals surface area (Å²) in [7, 11) is -4.32. The largest absolute Gasteiger partial charge is 0.490 e. The van der Waals surface area contributed by atoms with Gasteiger partial charge in [-0.15, -0.1) is 0 Å². The molecule has 0 radical (unpaired) electrons. The monoisotopic (exact) mass is 625 g/mol. The van der Waals surface area contributed by atoms with Gasteiger partial charge in [0.15, 0.2) is 11.5 Å². The molecule has 0 saturated carbocycles. The Hall–Kier alpha value is -3.29. The molecule has 1 amide bonds. The Morgan fingerprint density at radius 3 is 2.49 bits per heavy atom. The molecule has 1 N–H and O–H groups in total. The van der Waals surface area contributed by atoms with Gasteiger partial charge < -0.3 is 8.92 Å². The Labute approximate surface area is 217 Å². The second-order valence-corrected chi connectivity index (χ2v) is 10.1. The summed E-state index contributed by atoms with van der Waals surface area (Å²) in [6.07, 6.45) is 1.36. The van der Waals surface area contributed by atoms with E-state index in [2.05, 4.69) is 42.4 Å². The van der Waals surface area contributed by atoms with Crippen molar-refractivity contribution in [2.24, 2.45) is 5.10 Å². The number of hydrogen-bond donors (Lipinski definition) is 1. The topological polar surface area (TPSA) is 137 Å². The van der Waals surface area contributed by atoms with Crippen molar-refractivity contribution in [1.29, 1.82) is 0 Å². The molecule has 0 atom stereocenters. The van der Waals surface area contributed by atoms with E-state index in [9.17, 15) is 23.3 Å². The second kappa shape index (κ2) is 11.4. The number of nitrogens with one attached hydrogen (secondary N) is 1. The van der Waals surface area contributed by atoms with E-state index in [-0.39, 0.29) is 33.2 Å². The minimum absolute atomic E-state index is 0.104. The zero-order chi connectivity index (χ0) is 25.6. The Bertz CT molecular complexity index is 1390. The third-order valence-corrected chi connectivity index (χ3v) is 6.65. The van der Waals surface area contributed by atoms with E-state index in [0.29, 0.717) is 11.1 Å². The van der Waals surface area contributed by atoms with Gasteiger partial charge in [-0.25, -0.2) is 5.43 Å². The molecule has 35 heavy (non-hydrogen) atoms. The van der Waals surface area contributed by atoms with E-state index in [1.165, 1.54) is 18.3 Å². The SMILES string of the molecule is CCOc1cc(C=NNC(=O)c2cccc(Br)c2)cc(Br)c1OS(=O)(=O)c1ccc([N+](=O)[O-])cc1. The van der Waals surface area contributed by atoms with Crippen molar-refractivity contribution in [2.45, 2.75) is 11.8 Å². The van der Waals surface area contributed by atoms with Gasteiger partial charge >= 0.3 is 10.1 Å². The zero-order valence-electron chi connectivity index (χ0n) is 18.0. The normalized spacial score (nSPS) is 11.3. The van der Waals surface area contributed by atoms with Crippen molar-refractivity contribution in [3.05, 3.63) is 90.9 Å².